The van der Waals surface area contributed by atoms with Gasteiger partial charge in [0.2, 0.25) is 0 Å². The van der Waals surface area contributed by atoms with Gasteiger partial charge < -0.3 is 5.11 Å². The average Bonchev–Trinajstić information content (AvgIpc) is 2.42. The number of β-amino-alcohol motifs (C(OH)–C–C–N with tert-alkyl or cyclic N) is 1. The average molecular weight is 220 g/mol. The molecule has 0 aromatic heterocycles. The minimum absolute atomic E-state index is 0.354. The summed E-state index contributed by atoms with van der Waals surface area (Å²) in [5, 5.41) is 9.54. The Kier molecular flexibility index (Phi) is 5.83. The van der Waals surface area contributed by atoms with Crippen LogP contribution in [0.2, 0.25) is 0 Å². The van der Waals surface area contributed by atoms with Gasteiger partial charge in [-0.1, -0.05) is 19.8 Å². The molecule has 0 aliphatic carbocycles. The molecule has 0 radical (unpaired) electrons. The Morgan fingerprint density at radius 3 is 2.86 bits per heavy atom. The maximum atomic E-state index is 9.54. The summed E-state index contributed by atoms with van der Waals surface area (Å²) in [6.45, 7) is 4.12. The fourth-order valence-electron chi connectivity index (χ4n) is 2.26. The van der Waals surface area contributed by atoms with Crippen LogP contribution in [-0.4, -0.2) is 41.1 Å². The molecule has 1 fully saturated rings. The van der Waals surface area contributed by atoms with Crippen LogP contribution in [0.5, 0.6) is 0 Å². The van der Waals surface area contributed by atoms with Gasteiger partial charge in [0.05, 0.1) is 6.10 Å². The summed E-state index contributed by atoms with van der Waals surface area (Å²) in [6, 6.07) is 0.662. The summed E-state index contributed by atoms with van der Waals surface area (Å²) in [5.41, 5.74) is 0. The molecule has 1 N–H and O–H groups in total. The van der Waals surface area contributed by atoms with Crippen LogP contribution in [0.1, 0.15) is 39.0 Å². The first kappa shape index (κ1) is 12.3. The number of hydrogen-bond donors (Lipinski definition) is 1. The van der Waals surface area contributed by atoms with Gasteiger partial charge in [0.25, 0.3) is 0 Å². The quantitative estimate of drug-likeness (QED) is 0.734. The highest BCUT2D eigenvalue weighted by Gasteiger charge is 2.21. The zero-order valence-corrected chi connectivity index (χ0v) is 9.84. The van der Waals surface area contributed by atoms with Gasteiger partial charge in [-0.05, 0) is 25.8 Å². The molecule has 0 spiro atoms. The lowest BCUT2D eigenvalue weighted by atomic mass is 10.1. The molecule has 1 heterocycles. The molecule has 2 nitrogen and oxygen atoms in total. The summed E-state index contributed by atoms with van der Waals surface area (Å²) >= 11 is 5.63. The van der Waals surface area contributed by atoms with Crippen LogP contribution < -0.4 is 0 Å². The van der Waals surface area contributed by atoms with E-state index in [0.29, 0.717) is 11.9 Å². The highest BCUT2D eigenvalue weighted by atomic mass is 35.5. The number of rotatable bonds is 4. The Balaban J connectivity index is 2.43. The Labute approximate surface area is 92.2 Å². The predicted octanol–water partition coefficient (Wildman–Crippen LogP) is 2.24. The molecule has 1 aliphatic heterocycles. The molecular weight excluding hydrogens is 198 g/mol. The van der Waals surface area contributed by atoms with Crippen molar-refractivity contribution in [2.75, 3.05) is 19.0 Å². The van der Waals surface area contributed by atoms with E-state index in [4.69, 9.17) is 11.6 Å². The van der Waals surface area contributed by atoms with Gasteiger partial charge in [-0.2, -0.15) is 0 Å². The highest BCUT2D eigenvalue weighted by Crippen LogP contribution is 2.19. The molecule has 2 unspecified atom stereocenters. The van der Waals surface area contributed by atoms with E-state index in [0.717, 1.165) is 13.1 Å². The second kappa shape index (κ2) is 6.65. The van der Waals surface area contributed by atoms with E-state index < -0.39 is 0 Å². The van der Waals surface area contributed by atoms with Crippen LogP contribution in [0.3, 0.4) is 0 Å². The maximum absolute atomic E-state index is 9.54. The molecule has 0 bridgehead atoms. The Morgan fingerprint density at radius 1 is 1.43 bits per heavy atom. The van der Waals surface area contributed by atoms with Gasteiger partial charge in [0.15, 0.2) is 0 Å². The molecule has 1 saturated heterocycles. The van der Waals surface area contributed by atoms with E-state index in [1.54, 1.807) is 0 Å². The first-order valence-electron chi connectivity index (χ1n) is 5.76. The first-order chi connectivity index (χ1) is 6.77. The molecule has 0 aromatic rings. The first-order valence-corrected chi connectivity index (χ1v) is 6.29. The number of aliphatic hydroxyl groups excluding tert-OH is 1. The van der Waals surface area contributed by atoms with Crippen LogP contribution in [0.15, 0.2) is 0 Å². The van der Waals surface area contributed by atoms with Crippen molar-refractivity contribution in [1.29, 1.82) is 0 Å². The van der Waals surface area contributed by atoms with Crippen LogP contribution in [0, 0.1) is 0 Å². The van der Waals surface area contributed by atoms with Gasteiger partial charge in [-0.3, -0.25) is 4.90 Å². The van der Waals surface area contributed by atoms with Crippen LogP contribution in [-0.2, 0) is 0 Å². The minimum Gasteiger partial charge on any atom is -0.391 e. The molecule has 1 rings (SSSR count). The number of alkyl halides is 1. The van der Waals surface area contributed by atoms with E-state index in [9.17, 15) is 5.11 Å². The fourth-order valence-corrected chi connectivity index (χ4v) is 2.36. The third kappa shape index (κ3) is 3.76. The third-order valence-corrected chi connectivity index (χ3v) is 3.45. The van der Waals surface area contributed by atoms with Crippen molar-refractivity contribution in [3.63, 3.8) is 0 Å². The van der Waals surface area contributed by atoms with Crippen LogP contribution in [0.4, 0.5) is 0 Å². The lowest BCUT2D eigenvalue weighted by Gasteiger charge is -2.30. The second-order valence-corrected chi connectivity index (χ2v) is 4.52. The van der Waals surface area contributed by atoms with E-state index >= 15 is 0 Å². The summed E-state index contributed by atoms with van der Waals surface area (Å²) in [4.78, 5) is 2.42. The summed E-state index contributed by atoms with van der Waals surface area (Å²) in [7, 11) is 0. The molecule has 2 atom stereocenters. The van der Waals surface area contributed by atoms with Gasteiger partial charge in [-0.25, -0.2) is 0 Å². The van der Waals surface area contributed by atoms with Crippen molar-refractivity contribution < 1.29 is 5.11 Å². The Hall–Kier alpha value is 0.210. The number of halogens is 1. The lowest BCUT2D eigenvalue weighted by Crippen LogP contribution is -2.40. The van der Waals surface area contributed by atoms with E-state index in [1.165, 1.54) is 32.1 Å². The largest absolute Gasteiger partial charge is 0.391 e. The number of likely N-dealkylation sites (tertiary alicyclic amines) is 1. The monoisotopic (exact) mass is 219 g/mol. The zero-order chi connectivity index (χ0) is 10.4. The number of aliphatic hydroxyl groups is 1. The van der Waals surface area contributed by atoms with Gasteiger partial charge >= 0.3 is 0 Å². The molecular formula is C11H22ClNO. The van der Waals surface area contributed by atoms with Crippen LogP contribution in [0.25, 0.3) is 0 Å². The van der Waals surface area contributed by atoms with E-state index in [-0.39, 0.29) is 6.10 Å². The molecule has 3 heteroatoms. The zero-order valence-electron chi connectivity index (χ0n) is 9.08. The highest BCUT2D eigenvalue weighted by molar-refractivity contribution is 6.18. The molecule has 1 aliphatic rings. The summed E-state index contributed by atoms with van der Waals surface area (Å²) < 4.78 is 0. The van der Waals surface area contributed by atoms with Crippen molar-refractivity contribution in [3.8, 4) is 0 Å². The van der Waals surface area contributed by atoms with Crippen molar-refractivity contribution >= 4 is 11.6 Å². The SMILES string of the molecule is CCC1CCCCCN1CC(O)CCl. The Bertz CT molecular complexity index is 154. The molecule has 14 heavy (non-hydrogen) atoms. The van der Waals surface area contributed by atoms with Crippen molar-refractivity contribution in [2.45, 2.75) is 51.2 Å². The van der Waals surface area contributed by atoms with Crippen molar-refractivity contribution in [3.05, 3.63) is 0 Å². The normalized spacial score (nSPS) is 27.2. The van der Waals surface area contributed by atoms with Gasteiger partial charge in [-0.15, -0.1) is 11.6 Å². The standard InChI is InChI=1S/C11H22ClNO/c1-2-10-6-4-3-5-7-13(10)9-11(14)8-12/h10-11,14H,2-9H2,1H3. The number of hydrogen-bond acceptors (Lipinski definition) is 2. The lowest BCUT2D eigenvalue weighted by molar-refractivity contribution is 0.0996. The maximum Gasteiger partial charge on any atom is 0.0802 e. The second-order valence-electron chi connectivity index (χ2n) is 4.21. The number of nitrogens with zero attached hydrogens (tertiary/aromatic N) is 1. The fraction of sp³-hybridized carbons (Fsp3) is 1.00. The Morgan fingerprint density at radius 2 is 2.21 bits per heavy atom. The van der Waals surface area contributed by atoms with E-state index in [1.807, 2.05) is 0 Å². The van der Waals surface area contributed by atoms with Gasteiger partial charge in [0, 0.05) is 18.5 Å². The molecule has 0 aromatic carbocycles. The van der Waals surface area contributed by atoms with Crippen LogP contribution >= 0.6 is 11.6 Å². The van der Waals surface area contributed by atoms with Crippen molar-refractivity contribution in [1.82, 2.24) is 4.90 Å². The van der Waals surface area contributed by atoms with E-state index in [2.05, 4.69) is 11.8 Å². The summed E-state index contributed by atoms with van der Waals surface area (Å²) in [6.07, 6.45) is 6.06. The third-order valence-electron chi connectivity index (χ3n) is 3.09. The molecule has 84 valence electrons. The minimum atomic E-state index is -0.358. The molecule has 0 amide bonds. The predicted molar refractivity (Wildman–Crippen MR) is 60.8 cm³/mol. The molecule has 0 saturated carbocycles. The topological polar surface area (TPSA) is 23.5 Å². The smallest absolute Gasteiger partial charge is 0.0802 e. The van der Waals surface area contributed by atoms with Gasteiger partial charge in [0.1, 0.15) is 0 Å². The van der Waals surface area contributed by atoms with Crippen molar-refractivity contribution in [2.24, 2.45) is 0 Å². The summed E-state index contributed by atoms with van der Waals surface area (Å²) in [5.74, 6) is 0.354.